The summed E-state index contributed by atoms with van der Waals surface area (Å²) in [4.78, 5) is 0. The third-order valence-corrected chi connectivity index (χ3v) is 3.55. The fraction of sp³-hybridized carbons (Fsp3) is 0.667. The first kappa shape index (κ1) is 6.89. The first-order valence-electron chi connectivity index (χ1n) is 4.46. The second kappa shape index (κ2) is 2.22. The van der Waals surface area contributed by atoms with Crippen molar-refractivity contribution < 1.29 is 4.74 Å². The Labute approximate surface area is 77.0 Å². The van der Waals surface area contributed by atoms with E-state index in [1.54, 1.807) is 0 Å². The Morgan fingerprint density at radius 3 is 3.17 bits per heavy atom. The van der Waals surface area contributed by atoms with Gasteiger partial charge in [0.15, 0.2) is 0 Å². The average molecular weight is 181 g/mol. The molecule has 1 saturated carbocycles. The molecule has 1 N–H and O–H groups in total. The van der Waals surface area contributed by atoms with Gasteiger partial charge in [-0.15, -0.1) is 0 Å². The van der Waals surface area contributed by atoms with Crippen LogP contribution in [0.1, 0.15) is 6.42 Å². The van der Waals surface area contributed by atoms with Crippen LogP contribution in [0.2, 0.25) is 0 Å². The largest absolute Gasteiger partial charge is 0.471 e. The van der Waals surface area contributed by atoms with E-state index in [2.05, 4.69) is 17.5 Å². The average Bonchev–Trinajstić information content (AvgIpc) is 2.63. The molecule has 1 saturated heterocycles. The molecule has 2 fully saturated rings. The summed E-state index contributed by atoms with van der Waals surface area (Å²) < 4.78 is 5.33. The zero-order valence-corrected chi connectivity index (χ0v) is 7.51. The van der Waals surface area contributed by atoms with Crippen molar-refractivity contribution in [3.8, 4) is 0 Å². The van der Waals surface area contributed by atoms with Crippen molar-refractivity contribution in [2.45, 2.75) is 12.5 Å². The zero-order valence-electron chi connectivity index (χ0n) is 6.69. The molecule has 0 radical (unpaired) electrons. The number of hydrogen-bond donors (Lipinski definition) is 1. The lowest BCUT2D eigenvalue weighted by Crippen LogP contribution is -2.49. The minimum Gasteiger partial charge on any atom is -0.471 e. The van der Waals surface area contributed by atoms with Gasteiger partial charge in [0.25, 0.3) is 5.17 Å². The van der Waals surface area contributed by atoms with Gasteiger partial charge in [0.2, 0.25) is 0 Å². The number of rotatable bonds is 0. The molecule has 4 atom stereocenters. The lowest BCUT2D eigenvalue weighted by Gasteiger charge is -2.34. The van der Waals surface area contributed by atoms with E-state index in [0.29, 0.717) is 23.1 Å². The smallest absolute Gasteiger partial charge is 0.256 e. The normalized spacial score (nSPS) is 48.5. The predicted molar refractivity (Wildman–Crippen MR) is 49.7 cm³/mol. The van der Waals surface area contributed by atoms with E-state index in [1.807, 2.05) is 0 Å². The van der Waals surface area contributed by atoms with Gasteiger partial charge in [0, 0.05) is 12.0 Å². The molecule has 2 bridgehead atoms. The predicted octanol–water partition coefficient (Wildman–Crippen LogP) is 1.08. The van der Waals surface area contributed by atoms with Crippen molar-refractivity contribution in [1.82, 2.24) is 5.32 Å². The highest BCUT2D eigenvalue weighted by Gasteiger charge is 2.47. The van der Waals surface area contributed by atoms with E-state index in [0.717, 1.165) is 12.5 Å². The third-order valence-electron chi connectivity index (χ3n) is 3.31. The van der Waals surface area contributed by atoms with Gasteiger partial charge < -0.3 is 10.1 Å². The lowest BCUT2D eigenvalue weighted by molar-refractivity contribution is 0.154. The molecule has 3 aliphatic rings. The topological polar surface area (TPSA) is 21.3 Å². The van der Waals surface area contributed by atoms with Crippen LogP contribution >= 0.6 is 12.2 Å². The minimum atomic E-state index is 0.571. The molecule has 0 aromatic rings. The molecule has 0 aromatic carbocycles. The zero-order chi connectivity index (χ0) is 8.13. The number of hydrogen-bond acceptors (Lipinski definition) is 2. The van der Waals surface area contributed by atoms with Crippen LogP contribution in [0.4, 0.5) is 0 Å². The van der Waals surface area contributed by atoms with Crippen LogP contribution in [0.3, 0.4) is 0 Å². The number of allylic oxidation sites excluding steroid dienone is 1. The van der Waals surface area contributed by atoms with Crippen LogP contribution in [-0.4, -0.2) is 17.8 Å². The Kier molecular flexibility index (Phi) is 1.28. The lowest BCUT2D eigenvalue weighted by atomic mass is 9.89. The first-order chi connectivity index (χ1) is 5.84. The maximum absolute atomic E-state index is 5.33. The Morgan fingerprint density at radius 2 is 2.25 bits per heavy atom. The summed E-state index contributed by atoms with van der Waals surface area (Å²) >= 11 is 4.99. The Hall–Kier alpha value is -0.570. The van der Waals surface area contributed by atoms with E-state index in [4.69, 9.17) is 17.0 Å². The van der Waals surface area contributed by atoms with Crippen LogP contribution in [0, 0.1) is 17.8 Å². The highest BCUT2D eigenvalue weighted by molar-refractivity contribution is 7.80. The molecule has 0 unspecified atom stereocenters. The van der Waals surface area contributed by atoms with Gasteiger partial charge in [0.05, 0.1) is 6.61 Å². The van der Waals surface area contributed by atoms with Crippen LogP contribution in [0.5, 0.6) is 0 Å². The molecule has 2 aliphatic carbocycles. The fourth-order valence-corrected chi connectivity index (χ4v) is 2.92. The minimum absolute atomic E-state index is 0.571. The van der Waals surface area contributed by atoms with Gasteiger partial charge in [-0.25, -0.2) is 0 Å². The summed E-state index contributed by atoms with van der Waals surface area (Å²) in [6, 6.07) is 0.571. The molecule has 1 aliphatic heterocycles. The van der Waals surface area contributed by atoms with Crippen molar-refractivity contribution in [2.24, 2.45) is 17.8 Å². The van der Waals surface area contributed by atoms with Gasteiger partial charge in [-0.1, -0.05) is 12.2 Å². The molecule has 2 nitrogen and oxygen atoms in total. The summed E-state index contributed by atoms with van der Waals surface area (Å²) in [5.41, 5.74) is 0. The van der Waals surface area contributed by atoms with Gasteiger partial charge >= 0.3 is 0 Å². The summed E-state index contributed by atoms with van der Waals surface area (Å²) in [6.07, 6.45) is 5.96. The van der Waals surface area contributed by atoms with Crippen molar-refractivity contribution >= 4 is 17.4 Å². The molecule has 64 valence electrons. The second-order valence-electron chi connectivity index (χ2n) is 3.88. The third kappa shape index (κ3) is 0.774. The Balaban J connectivity index is 1.90. The number of ether oxygens (including phenoxy) is 1. The molecular weight excluding hydrogens is 170 g/mol. The van der Waals surface area contributed by atoms with E-state index in [-0.39, 0.29) is 0 Å². The number of thiocarbonyl (C=S) groups is 1. The number of fused-ring (bicyclic) bond motifs is 5. The molecule has 3 heteroatoms. The molecule has 12 heavy (non-hydrogen) atoms. The molecule has 0 spiro atoms. The highest BCUT2D eigenvalue weighted by atomic mass is 32.1. The fourth-order valence-electron chi connectivity index (χ4n) is 2.72. The maximum Gasteiger partial charge on any atom is 0.256 e. The highest BCUT2D eigenvalue weighted by Crippen LogP contribution is 2.44. The van der Waals surface area contributed by atoms with Crippen molar-refractivity contribution in [3.05, 3.63) is 12.2 Å². The molecule has 0 amide bonds. The maximum atomic E-state index is 5.33. The van der Waals surface area contributed by atoms with Crippen LogP contribution in [-0.2, 0) is 4.74 Å². The quantitative estimate of drug-likeness (QED) is 0.446. The Bertz CT molecular complexity index is 263. The van der Waals surface area contributed by atoms with Crippen molar-refractivity contribution in [3.63, 3.8) is 0 Å². The summed E-state index contributed by atoms with van der Waals surface area (Å²) in [5, 5.41) is 3.86. The van der Waals surface area contributed by atoms with E-state index < -0.39 is 0 Å². The standard InChI is InChI=1S/C9H11NOS/c12-9-10-8-6-2-1-5(3-6)7(8)4-11-9/h1-2,5-8H,3-4H2,(H,10,12)/t5-,6+,7-,8+/m0/s1. The first-order valence-corrected chi connectivity index (χ1v) is 4.87. The van der Waals surface area contributed by atoms with Gasteiger partial charge in [-0.05, 0) is 30.5 Å². The molecular formula is C9H11NOS. The monoisotopic (exact) mass is 181 g/mol. The Morgan fingerprint density at radius 1 is 1.42 bits per heavy atom. The van der Waals surface area contributed by atoms with Crippen molar-refractivity contribution in [2.75, 3.05) is 6.61 Å². The van der Waals surface area contributed by atoms with Gasteiger partial charge in [-0.2, -0.15) is 0 Å². The summed E-state index contributed by atoms with van der Waals surface area (Å²) in [7, 11) is 0. The number of nitrogens with one attached hydrogen (secondary N) is 1. The van der Waals surface area contributed by atoms with Gasteiger partial charge in [-0.3, -0.25) is 0 Å². The van der Waals surface area contributed by atoms with Gasteiger partial charge in [0.1, 0.15) is 0 Å². The summed E-state index contributed by atoms with van der Waals surface area (Å²) in [5.74, 6) is 2.13. The molecule has 1 heterocycles. The van der Waals surface area contributed by atoms with Crippen LogP contribution in [0.15, 0.2) is 12.2 Å². The summed E-state index contributed by atoms with van der Waals surface area (Å²) in [6.45, 7) is 0.821. The van der Waals surface area contributed by atoms with Crippen molar-refractivity contribution in [1.29, 1.82) is 0 Å². The molecule has 0 aromatic heterocycles. The van der Waals surface area contributed by atoms with Crippen LogP contribution < -0.4 is 5.32 Å². The van der Waals surface area contributed by atoms with Crippen LogP contribution in [0.25, 0.3) is 0 Å². The van der Waals surface area contributed by atoms with E-state index >= 15 is 0 Å². The van der Waals surface area contributed by atoms with E-state index in [1.165, 1.54) is 6.42 Å². The van der Waals surface area contributed by atoms with E-state index in [9.17, 15) is 0 Å². The SMILES string of the molecule is S=C1N[C@H]2[C@@H](CO1)[C@H]1C=C[C@@H]2C1. The molecule has 3 rings (SSSR count). The second-order valence-corrected chi connectivity index (χ2v) is 4.25.